The zero-order chi connectivity index (χ0) is 7.84. The summed E-state index contributed by atoms with van der Waals surface area (Å²) in [5, 5.41) is 9.89. The minimum Gasteiger partial charge on any atom is -0.244 e. The van der Waals surface area contributed by atoms with Crippen molar-refractivity contribution in [1.82, 2.24) is 19.8 Å². The average Bonchev–Trinajstić information content (AvgIpc) is 2.32. The van der Waals surface area contributed by atoms with Gasteiger partial charge in [0.15, 0.2) is 5.65 Å². The quantitative estimate of drug-likeness (QED) is 0.562. The Labute approximate surface area is 61.7 Å². The SMILES string of the molecule is Cc1cnn2c(=O)[nH]nc2c1. The van der Waals surface area contributed by atoms with Gasteiger partial charge in [0.1, 0.15) is 0 Å². The molecule has 0 saturated heterocycles. The number of nitrogens with one attached hydrogen (secondary N) is 1. The third-order valence-electron chi connectivity index (χ3n) is 1.41. The van der Waals surface area contributed by atoms with E-state index in [2.05, 4.69) is 15.3 Å². The summed E-state index contributed by atoms with van der Waals surface area (Å²) >= 11 is 0. The summed E-state index contributed by atoms with van der Waals surface area (Å²) in [6, 6.07) is 1.78. The Morgan fingerprint density at radius 2 is 2.45 bits per heavy atom. The number of aromatic nitrogens is 4. The molecule has 0 aliphatic heterocycles. The molecule has 2 aromatic heterocycles. The highest BCUT2D eigenvalue weighted by Gasteiger charge is 1.98. The van der Waals surface area contributed by atoms with Crippen LogP contribution in [0.4, 0.5) is 0 Å². The Bertz CT molecular complexity index is 441. The van der Waals surface area contributed by atoms with Crippen LogP contribution in [0.2, 0.25) is 0 Å². The van der Waals surface area contributed by atoms with Crippen molar-refractivity contribution < 1.29 is 0 Å². The molecule has 0 amide bonds. The molecular formula is C6H6N4O. The number of fused-ring (bicyclic) bond motifs is 1. The van der Waals surface area contributed by atoms with Gasteiger partial charge in [-0.25, -0.2) is 9.89 Å². The van der Waals surface area contributed by atoms with Gasteiger partial charge in [0.25, 0.3) is 0 Å². The maximum atomic E-state index is 10.9. The molecule has 2 aromatic rings. The van der Waals surface area contributed by atoms with Gasteiger partial charge in [0, 0.05) is 0 Å². The van der Waals surface area contributed by atoms with Crippen LogP contribution in [0.1, 0.15) is 5.56 Å². The molecule has 5 heteroatoms. The van der Waals surface area contributed by atoms with E-state index in [9.17, 15) is 4.79 Å². The van der Waals surface area contributed by atoms with Gasteiger partial charge >= 0.3 is 5.69 Å². The van der Waals surface area contributed by atoms with E-state index in [4.69, 9.17) is 0 Å². The van der Waals surface area contributed by atoms with Crippen molar-refractivity contribution in [3.63, 3.8) is 0 Å². The lowest BCUT2D eigenvalue weighted by molar-refractivity contribution is 0.874. The van der Waals surface area contributed by atoms with E-state index in [1.165, 1.54) is 4.52 Å². The van der Waals surface area contributed by atoms with Crippen molar-refractivity contribution in [3.8, 4) is 0 Å². The van der Waals surface area contributed by atoms with Crippen molar-refractivity contribution in [1.29, 1.82) is 0 Å². The van der Waals surface area contributed by atoms with E-state index in [0.717, 1.165) is 5.56 Å². The largest absolute Gasteiger partial charge is 0.364 e. The molecule has 0 aromatic carbocycles. The monoisotopic (exact) mass is 150 g/mol. The fourth-order valence-electron chi connectivity index (χ4n) is 0.899. The number of hydrogen-bond donors (Lipinski definition) is 1. The van der Waals surface area contributed by atoms with E-state index in [0.29, 0.717) is 5.65 Å². The van der Waals surface area contributed by atoms with Crippen LogP contribution in [-0.2, 0) is 0 Å². The van der Waals surface area contributed by atoms with Crippen LogP contribution in [0, 0.1) is 6.92 Å². The molecule has 0 spiro atoms. The molecule has 0 fully saturated rings. The van der Waals surface area contributed by atoms with Crippen molar-refractivity contribution in [2.24, 2.45) is 0 Å². The number of nitrogens with zero attached hydrogens (tertiary/aromatic N) is 3. The summed E-state index contributed by atoms with van der Waals surface area (Å²) in [6.07, 6.45) is 1.62. The molecule has 0 aliphatic rings. The summed E-state index contributed by atoms with van der Waals surface area (Å²) in [5.41, 5.74) is 1.23. The highest BCUT2D eigenvalue weighted by Crippen LogP contribution is 1.95. The number of hydrogen-bond acceptors (Lipinski definition) is 3. The number of H-pyrrole nitrogens is 1. The third-order valence-corrected chi connectivity index (χ3v) is 1.41. The fourth-order valence-corrected chi connectivity index (χ4v) is 0.899. The standard InChI is InChI=1S/C6H6N4O/c1-4-2-5-8-9-6(11)10(5)7-3-4/h2-3H,1H3,(H,9,11). The highest BCUT2D eigenvalue weighted by molar-refractivity contribution is 5.36. The van der Waals surface area contributed by atoms with E-state index in [-0.39, 0.29) is 5.69 Å². The van der Waals surface area contributed by atoms with Crippen molar-refractivity contribution in [2.45, 2.75) is 6.92 Å². The van der Waals surface area contributed by atoms with Crippen LogP contribution in [0.5, 0.6) is 0 Å². The Morgan fingerprint density at radius 1 is 1.64 bits per heavy atom. The molecule has 0 saturated carbocycles. The second kappa shape index (κ2) is 1.91. The summed E-state index contributed by atoms with van der Waals surface area (Å²) < 4.78 is 1.22. The lowest BCUT2D eigenvalue weighted by atomic mass is 10.3. The Kier molecular flexibility index (Phi) is 1.06. The molecule has 2 rings (SSSR count). The predicted molar refractivity (Wildman–Crippen MR) is 38.3 cm³/mol. The van der Waals surface area contributed by atoms with Gasteiger partial charge in [0.2, 0.25) is 0 Å². The maximum Gasteiger partial charge on any atom is 0.364 e. The molecule has 2 heterocycles. The van der Waals surface area contributed by atoms with Gasteiger partial charge in [-0.05, 0) is 18.6 Å². The first-order chi connectivity index (χ1) is 5.27. The number of rotatable bonds is 0. The molecule has 0 atom stereocenters. The molecule has 0 bridgehead atoms. The Morgan fingerprint density at radius 3 is 3.27 bits per heavy atom. The minimum atomic E-state index is -0.306. The van der Waals surface area contributed by atoms with Crippen molar-refractivity contribution in [3.05, 3.63) is 28.3 Å². The molecular weight excluding hydrogens is 144 g/mol. The van der Waals surface area contributed by atoms with Gasteiger partial charge < -0.3 is 0 Å². The van der Waals surface area contributed by atoms with Crippen LogP contribution in [0.3, 0.4) is 0 Å². The van der Waals surface area contributed by atoms with Crippen molar-refractivity contribution in [2.75, 3.05) is 0 Å². The smallest absolute Gasteiger partial charge is 0.244 e. The second-order valence-electron chi connectivity index (χ2n) is 2.33. The second-order valence-corrected chi connectivity index (χ2v) is 2.33. The first-order valence-electron chi connectivity index (χ1n) is 3.17. The summed E-state index contributed by atoms with van der Waals surface area (Å²) in [7, 11) is 0. The Balaban J connectivity index is 2.97. The van der Waals surface area contributed by atoms with Crippen LogP contribution in [-0.4, -0.2) is 19.8 Å². The summed E-state index contributed by atoms with van der Waals surface area (Å²) in [5.74, 6) is 0. The van der Waals surface area contributed by atoms with Crippen LogP contribution < -0.4 is 5.69 Å². The lowest BCUT2D eigenvalue weighted by Crippen LogP contribution is -2.11. The molecule has 0 radical (unpaired) electrons. The fraction of sp³-hybridized carbons (Fsp3) is 0.167. The number of aromatic amines is 1. The predicted octanol–water partition coefficient (Wildman–Crippen LogP) is -0.274. The first kappa shape index (κ1) is 6.09. The van der Waals surface area contributed by atoms with Crippen LogP contribution in [0.25, 0.3) is 5.65 Å². The molecule has 1 N–H and O–H groups in total. The molecule has 56 valence electrons. The van der Waals surface area contributed by atoms with E-state index >= 15 is 0 Å². The van der Waals surface area contributed by atoms with Crippen LogP contribution >= 0.6 is 0 Å². The maximum absolute atomic E-state index is 10.9. The zero-order valence-corrected chi connectivity index (χ0v) is 5.90. The lowest BCUT2D eigenvalue weighted by Gasteiger charge is -1.89. The summed E-state index contributed by atoms with van der Waals surface area (Å²) in [6.45, 7) is 1.89. The van der Waals surface area contributed by atoms with Crippen molar-refractivity contribution >= 4 is 5.65 Å². The van der Waals surface area contributed by atoms with Gasteiger partial charge in [-0.3, -0.25) is 0 Å². The Hall–Kier alpha value is -1.65. The highest BCUT2D eigenvalue weighted by atomic mass is 16.2. The van der Waals surface area contributed by atoms with Gasteiger partial charge in [0.05, 0.1) is 6.20 Å². The molecule has 0 unspecified atom stereocenters. The van der Waals surface area contributed by atoms with E-state index < -0.39 is 0 Å². The normalized spacial score (nSPS) is 10.6. The molecule has 5 nitrogen and oxygen atoms in total. The third kappa shape index (κ3) is 0.813. The minimum absolute atomic E-state index is 0.306. The van der Waals surface area contributed by atoms with Gasteiger partial charge in [-0.2, -0.15) is 14.7 Å². The van der Waals surface area contributed by atoms with Gasteiger partial charge in [-0.15, -0.1) is 0 Å². The summed E-state index contributed by atoms with van der Waals surface area (Å²) in [4.78, 5) is 10.9. The van der Waals surface area contributed by atoms with E-state index in [1.807, 2.05) is 6.92 Å². The molecule has 0 aliphatic carbocycles. The number of aryl methyl sites for hydroxylation is 1. The van der Waals surface area contributed by atoms with Gasteiger partial charge in [-0.1, -0.05) is 0 Å². The molecule has 11 heavy (non-hydrogen) atoms. The zero-order valence-electron chi connectivity index (χ0n) is 5.90. The van der Waals surface area contributed by atoms with Crippen LogP contribution in [0.15, 0.2) is 17.1 Å². The average molecular weight is 150 g/mol. The first-order valence-corrected chi connectivity index (χ1v) is 3.17. The topological polar surface area (TPSA) is 63.1 Å². The van der Waals surface area contributed by atoms with E-state index in [1.54, 1.807) is 12.3 Å².